The van der Waals surface area contributed by atoms with Gasteiger partial charge >= 0.3 is 5.97 Å². The zero-order valence-electron chi connectivity index (χ0n) is 12.2. The number of nitrogens with zero attached hydrogens (tertiary/aromatic N) is 4. The summed E-state index contributed by atoms with van der Waals surface area (Å²) in [6.07, 6.45) is 3.30. The van der Waals surface area contributed by atoms with Crippen LogP contribution in [0.25, 0.3) is 22.3 Å². The van der Waals surface area contributed by atoms with Gasteiger partial charge in [-0.1, -0.05) is 26.1 Å². The van der Waals surface area contributed by atoms with E-state index < -0.39 is 5.97 Å². The van der Waals surface area contributed by atoms with Crippen LogP contribution < -0.4 is 5.10 Å². The Hall–Kier alpha value is -2.05. The van der Waals surface area contributed by atoms with Crippen LogP contribution in [-0.2, 0) is 24.8 Å². The number of ether oxygens (including phenoxy) is 1. The molecule has 0 aliphatic carbocycles. The van der Waals surface area contributed by atoms with Crippen LogP contribution in [0.5, 0.6) is 0 Å². The molecule has 1 N–H and O–H groups in total. The second-order valence-electron chi connectivity index (χ2n) is 4.95. The molecular formula is C14H14IrN5O2-. The van der Waals surface area contributed by atoms with Crippen molar-refractivity contribution < 1.29 is 29.6 Å². The number of hydrogen-bond donors (Lipinski definition) is 1. The molecule has 0 bridgehead atoms. The summed E-state index contributed by atoms with van der Waals surface area (Å²) >= 11 is 0. The van der Waals surface area contributed by atoms with Crippen molar-refractivity contribution in [2.45, 2.75) is 19.8 Å². The Morgan fingerprint density at radius 2 is 2.18 bits per heavy atom. The van der Waals surface area contributed by atoms with Crippen LogP contribution in [0.1, 0.15) is 35.8 Å². The summed E-state index contributed by atoms with van der Waals surface area (Å²) in [4.78, 5) is 16.0. The largest absolute Gasteiger partial charge is 0.464 e. The van der Waals surface area contributed by atoms with Crippen LogP contribution in [0, 0.1) is 0 Å². The molecule has 0 amide bonds. The van der Waals surface area contributed by atoms with E-state index in [-0.39, 0.29) is 26.0 Å². The Balaban J connectivity index is 0.00000176. The van der Waals surface area contributed by atoms with Crippen molar-refractivity contribution in [2.75, 3.05) is 7.11 Å². The van der Waals surface area contributed by atoms with Gasteiger partial charge in [0.1, 0.15) is 5.69 Å². The number of aromatic nitrogens is 5. The number of carbonyl (C=O) groups excluding carboxylic acids is 1. The fraction of sp³-hybridized carbons (Fsp3) is 0.286. The molecule has 0 unspecified atom stereocenters. The minimum absolute atomic E-state index is 0. The zero-order valence-corrected chi connectivity index (χ0v) is 14.6. The van der Waals surface area contributed by atoms with Crippen molar-refractivity contribution in [3.05, 3.63) is 29.7 Å². The minimum atomic E-state index is -0.429. The average molecular weight is 477 g/mol. The number of hydrogen-bond acceptors (Lipinski definition) is 5. The van der Waals surface area contributed by atoms with Gasteiger partial charge in [-0.2, -0.15) is 5.10 Å². The molecule has 3 rings (SSSR count). The van der Waals surface area contributed by atoms with Crippen molar-refractivity contribution >= 4 is 17.0 Å². The van der Waals surface area contributed by atoms with E-state index in [0.29, 0.717) is 17.0 Å². The smallest absolute Gasteiger partial charge is 0.356 e. The van der Waals surface area contributed by atoms with E-state index in [1.165, 1.54) is 7.11 Å². The van der Waals surface area contributed by atoms with Gasteiger partial charge in [-0.25, -0.2) is 4.79 Å². The van der Waals surface area contributed by atoms with Crippen molar-refractivity contribution in [3.8, 4) is 11.3 Å². The van der Waals surface area contributed by atoms with Gasteiger partial charge in [0.05, 0.1) is 12.8 Å². The Morgan fingerprint density at radius 1 is 1.41 bits per heavy atom. The zero-order chi connectivity index (χ0) is 15.0. The van der Waals surface area contributed by atoms with Gasteiger partial charge in [0, 0.05) is 42.8 Å². The van der Waals surface area contributed by atoms with E-state index in [0.717, 1.165) is 16.5 Å². The number of rotatable bonds is 3. The normalized spacial score (nSPS) is 10.7. The van der Waals surface area contributed by atoms with Crippen molar-refractivity contribution in [1.82, 2.24) is 25.4 Å². The van der Waals surface area contributed by atoms with Gasteiger partial charge in [-0.15, -0.1) is 0 Å². The Bertz CT molecular complexity index is 809. The summed E-state index contributed by atoms with van der Waals surface area (Å²) in [5.41, 5.74) is 3.30. The summed E-state index contributed by atoms with van der Waals surface area (Å²) in [5, 5.41) is 15.7. The van der Waals surface area contributed by atoms with Gasteiger partial charge in [-0.3, -0.25) is 10.2 Å². The van der Waals surface area contributed by atoms with Crippen LogP contribution in [-0.4, -0.2) is 33.4 Å². The number of carbonyl (C=O) groups is 1. The first-order valence-electron chi connectivity index (χ1n) is 6.53. The number of H-pyrrole nitrogens is 1. The molecule has 0 spiro atoms. The third-order valence-electron chi connectivity index (χ3n) is 3.33. The molecule has 8 heteroatoms. The summed E-state index contributed by atoms with van der Waals surface area (Å²) in [6, 6.07) is 1.84. The van der Waals surface area contributed by atoms with Gasteiger partial charge in [-0.05, 0) is 11.6 Å². The van der Waals surface area contributed by atoms with Crippen LogP contribution in [0.3, 0.4) is 0 Å². The Labute approximate surface area is 140 Å². The summed E-state index contributed by atoms with van der Waals surface area (Å²) < 4.78 is 4.80. The van der Waals surface area contributed by atoms with E-state index in [1.54, 1.807) is 12.4 Å². The van der Waals surface area contributed by atoms with Gasteiger partial charge in [0.2, 0.25) is 0 Å². The summed E-state index contributed by atoms with van der Waals surface area (Å²) in [5.74, 6) is -0.326. The topological polar surface area (TPSA) is 94.9 Å². The van der Waals surface area contributed by atoms with E-state index in [9.17, 15) is 4.79 Å². The van der Waals surface area contributed by atoms with E-state index in [4.69, 9.17) is 4.74 Å². The molecule has 117 valence electrons. The fourth-order valence-electron chi connectivity index (χ4n) is 2.39. The van der Waals surface area contributed by atoms with Gasteiger partial charge < -0.3 is 14.8 Å². The Morgan fingerprint density at radius 3 is 2.86 bits per heavy atom. The second-order valence-corrected chi connectivity index (χ2v) is 4.95. The number of fused-ring (bicyclic) bond motifs is 1. The summed E-state index contributed by atoms with van der Waals surface area (Å²) in [7, 11) is 1.35. The molecule has 0 fully saturated rings. The molecular weight excluding hydrogens is 462 g/mol. The fourth-order valence-corrected chi connectivity index (χ4v) is 2.39. The van der Waals surface area contributed by atoms with Crippen LogP contribution >= 0.6 is 0 Å². The maximum Gasteiger partial charge on any atom is 0.356 e. The standard InChI is InChI=1S/C14H15N5O2.Ir/c1-7(2)10-11(17-18-12(10)14(20)21-3)8-4-5-15-13-9(8)6-16-19-13;/h4-7H,1-3H3,(H2,15,16,17,18,19,20);/p-1. The third kappa shape index (κ3) is 2.55. The molecule has 3 aromatic rings. The number of esters is 1. The molecule has 0 aromatic carbocycles. The SMILES string of the molecule is COC(=O)c1[nH]nc(-c2ccnc3[n-]ncc23)c1C(C)C.[Ir]. The predicted octanol–water partition coefficient (Wildman–Crippen LogP) is 1.88. The first-order chi connectivity index (χ1) is 10.1. The molecule has 0 aliphatic heterocycles. The van der Waals surface area contributed by atoms with Crippen molar-refractivity contribution in [1.29, 1.82) is 0 Å². The Kier molecular flexibility index (Phi) is 4.73. The molecule has 7 nitrogen and oxygen atoms in total. The third-order valence-corrected chi connectivity index (χ3v) is 3.33. The van der Waals surface area contributed by atoms with E-state index in [1.807, 2.05) is 19.9 Å². The van der Waals surface area contributed by atoms with E-state index in [2.05, 4.69) is 25.4 Å². The molecule has 0 aliphatic rings. The first-order valence-corrected chi connectivity index (χ1v) is 6.53. The molecule has 22 heavy (non-hydrogen) atoms. The molecule has 0 saturated heterocycles. The van der Waals surface area contributed by atoms with Crippen molar-refractivity contribution in [3.63, 3.8) is 0 Å². The monoisotopic (exact) mass is 477 g/mol. The minimum Gasteiger partial charge on any atom is -0.464 e. The quantitative estimate of drug-likeness (QED) is 0.580. The number of aromatic amines is 1. The van der Waals surface area contributed by atoms with Crippen LogP contribution in [0.15, 0.2) is 18.5 Å². The van der Waals surface area contributed by atoms with E-state index >= 15 is 0 Å². The van der Waals surface area contributed by atoms with Crippen LogP contribution in [0.4, 0.5) is 0 Å². The maximum atomic E-state index is 11.9. The average Bonchev–Trinajstić information content (AvgIpc) is 3.12. The van der Waals surface area contributed by atoms with Gasteiger partial charge in [0.15, 0.2) is 0 Å². The second kappa shape index (κ2) is 6.37. The first kappa shape index (κ1) is 16.3. The van der Waals surface area contributed by atoms with Gasteiger partial charge in [0.25, 0.3) is 0 Å². The van der Waals surface area contributed by atoms with Crippen LogP contribution in [0.2, 0.25) is 0 Å². The predicted molar refractivity (Wildman–Crippen MR) is 75.9 cm³/mol. The molecule has 0 atom stereocenters. The number of pyridine rings is 1. The molecule has 3 aromatic heterocycles. The molecule has 0 saturated carbocycles. The summed E-state index contributed by atoms with van der Waals surface area (Å²) in [6.45, 7) is 4.00. The van der Waals surface area contributed by atoms with Crippen molar-refractivity contribution in [2.24, 2.45) is 0 Å². The molecule has 3 heterocycles. The molecule has 1 radical (unpaired) electrons. The number of nitrogens with one attached hydrogen (secondary N) is 1. The maximum absolute atomic E-state index is 11.9. The number of methoxy groups -OCH3 is 1.